The van der Waals surface area contributed by atoms with E-state index in [-0.39, 0.29) is 5.57 Å². The summed E-state index contributed by atoms with van der Waals surface area (Å²) in [6, 6.07) is 16.7. The Kier molecular flexibility index (Phi) is 5.98. The molecule has 0 N–H and O–H groups in total. The Bertz CT molecular complexity index is 776. The molecular formula is C19H17NO4. The molecule has 0 fully saturated rings. The molecule has 0 saturated carbocycles. The number of esters is 1. The van der Waals surface area contributed by atoms with E-state index in [0.29, 0.717) is 23.7 Å². The molecule has 5 nitrogen and oxygen atoms in total. The maximum absolute atomic E-state index is 11.5. The summed E-state index contributed by atoms with van der Waals surface area (Å²) in [6.07, 6.45) is 1.45. The second-order valence-corrected chi connectivity index (χ2v) is 4.85. The fourth-order valence-corrected chi connectivity index (χ4v) is 2.04. The van der Waals surface area contributed by atoms with Crippen molar-refractivity contribution in [3.63, 3.8) is 0 Å². The van der Waals surface area contributed by atoms with Gasteiger partial charge < -0.3 is 14.2 Å². The normalized spacial score (nSPS) is 10.6. The standard InChI is InChI=1S/C19H17NO4/c1-22-17-9-8-15(10-16(12-20)19(21)23-2)11-18(17)24-13-14-6-4-3-5-7-14/h3-11H,13H2,1-2H3. The maximum Gasteiger partial charge on any atom is 0.348 e. The van der Waals surface area contributed by atoms with E-state index in [1.807, 2.05) is 36.4 Å². The van der Waals surface area contributed by atoms with Gasteiger partial charge >= 0.3 is 5.97 Å². The number of methoxy groups -OCH3 is 2. The van der Waals surface area contributed by atoms with Crippen LogP contribution < -0.4 is 9.47 Å². The van der Waals surface area contributed by atoms with E-state index in [4.69, 9.17) is 14.7 Å². The summed E-state index contributed by atoms with van der Waals surface area (Å²) < 4.78 is 15.7. The minimum atomic E-state index is -0.680. The maximum atomic E-state index is 11.5. The van der Waals surface area contributed by atoms with Crippen LogP contribution >= 0.6 is 0 Å². The molecular weight excluding hydrogens is 306 g/mol. The lowest BCUT2D eigenvalue weighted by molar-refractivity contribution is -0.135. The molecule has 122 valence electrons. The topological polar surface area (TPSA) is 68.6 Å². The zero-order valence-corrected chi connectivity index (χ0v) is 13.5. The van der Waals surface area contributed by atoms with Crippen molar-refractivity contribution >= 4 is 12.0 Å². The molecule has 2 aromatic rings. The number of nitriles is 1. The summed E-state index contributed by atoms with van der Waals surface area (Å²) in [5.41, 5.74) is 1.57. The molecule has 0 aliphatic rings. The number of hydrogen-bond acceptors (Lipinski definition) is 5. The fourth-order valence-electron chi connectivity index (χ4n) is 2.04. The Hall–Kier alpha value is -3.26. The predicted molar refractivity (Wildman–Crippen MR) is 89.4 cm³/mol. The Labute approximate surface area is 140 Å². The van der Waals surface area contributed by atoms with Gasteiger partial charge in [-0.25, -0.2) is 4.79 Å². The van der Waals surface area contributed by atoms with E-state index in [2.05, 4.69) is 4.74 Å². The molecule has 0 radical (unpaired) electrons. The summed E-state index contributed by atoms with van der Waals surface area (Å²) in [4.78, 5) is 11.5. The van der Waals surface area contributed by atoms with Crippen LogP contribution in [-0.4, -0.2) is 20.2 Å². The van der Waals surface area contributed by atoms with Crippen molar-refractivity contribution in [2.45, 2.75) is 6.61 Å². The highest BCUT2D eigenvalue weighted by Gasteiger charge is 2.10. The third-order valence-corrected chi connectivity index (χ3v) is 3.26. The minimum Gasteiger partial charge on any atom is -0.493 e. The van der Waals surface area contributed by atoms with E-state index >= 15 is 0 Å². The molecule has 24 heavy (non-hydrogen) atoms. The van der Waals surface area contributed by atoms with Crippen molar-refractivity contribution in [1.82, 2.24) is 0 Å². The Morgan fingerprint density at radius 1 is 1.12 bits per heavy atom. The lowest BCUT2D eigenvalue weighted by Gasteiger charge is -2.11. The summed E-state index contributed by atoms with van der Waals surface area (Å²) in [7, 11) is 2.78. The van der Waals surface area contributed by atoms with Gasteiger partial charge in [-0.3, -0.25) is 0 Å². The monoisotopic (exact) mass is 323 g/mol. The van der Waals surface area contributed by atoms with Gasteiger partial charge in [0, 0.05) is 0 Å². The average Bonchev–Trinajstić information content (AvgIpc) is 2.64. The number of benzene rings is 2. The van der Waals surface area contributed by atoms with Crippen molar-refractivity contribution in [3.05, 3.63) is 65.2 Å². The van der Waals surface area contributed by atoms with Crippen molar-refractivity contribution < 1.29 is 19.0 Å². The molecule has 0 aliphatic heterocycles. The molecule has 0 saturated heterocycles. The van der Waals surface area contributed by atoms with Gasteiger partial charge in [0.05, 0.1) is 14.2 Å². The summed E-state index contributed by atoms with van der Waals surface area (Å²) in [5, 5.41) is 9.04. The second-order valence-electron chi connectivity index (χ2n) is 4.85. The van der Waals surface area contributed by atoms with Crippen LogP contribution in [0.4, 0.5) is 0 Å². The van der Waals surface area contributed by atoms with Crippen LogP contribution in [0.15, 0.2) is 54.1 Å². The number of carbonyl (C=O) groups is 1. The van der Waals surface area contributed by atoms with Crippen LogP contribution in [-0.2, 0) is 16.1 Å². The molecule has 2 aromatic carbocycles. The zero-order chi connectivity index (χ0) is 17.4. The largest absolute Gasteiger partial charge is 0.493 e. The van der Waals surface area contributed by atoms with E-state index in [9.17, 15) is 4.79 Å². The second kappa shape index (κ2) is 8.39. The summed E-state index contributed by atoms with van der Waals surface area (Å²) >= 11 is 0. The van der Waals surface area contributed by atoms with Gasteiger partial charge in [0.1, 0.15) is 18.2 Å². The van der Waals surface area contributed by atoms with E-state index in [1.165, 1.54) is 13.2 Å². The van der Waals surface area contributed by atoms with Gasteiger partial charge in [0.2, 0.25) is 0 Å². The predicted octanol–water partition coefficient (Wildman–Crippen LogP) is 3.35. The van der Waals surface area contributed by atoms with Crippen LogP contribution in [0.2, 0.25) is 0 Å². The SMILES string of the molecule is COC(=O)C(C#N)=Cc1ccc(OC)c(OCc2ccccc2)c1. The van der Waals surface area contributed by atoms with Crippen molar-refractivity contribution in [1.29, 1.82) is 5.26 Å². The average molecular weight is 323 g/mol. The molecule has 0 aromatic heterocycles. The van der Waals surface area contributed by atoms with Crippen molar-refractivity contribution in [2.24, 2.45) is 0 Å². The first-order valence-corrected chi connectivity index (χ1v) is 7.22. The minimum absolute atomic E-state index is 0.0864. The van der Waals surface area contributed by atoms with Crippen molar-refractivity contribution in [2.75, 3.05) is 14.2 Å². The number of nitrogens with zero attached hydrogens (tertiary/aromatic N) is 1. The first kappa shape index (κ1) is 17.1. The highest BCUT2D eigenvalue weighted by Crippen LogP contribution is 2.29. The molecule has 0 atom stereocenters. The van der Waals surface area contributed by atoms with Gasteiger partial charge in [-0.2, -0.15) is 5.26 Å². The van der Waals surface area contributed by atoms with E-state index < -0.39 is 5.97 Å². The molecule has 0 spiro atoms. The molecule has 2 rings (SSSR count). The number of carbonyl (C=O) groups excluding carboxylic acids is 1. The van der Waals surface area contributed by atoms with Crippen molar-refractivity contribution in [3.8, 4) is 17.6 Å². The van der Waals surface area contributed by atoms with Crippen LogP contribution in [0.1, 0.15) is 11.1 Å². The number of hydrogen-bond donors (Lipinski definition) is 0. The van der Waals surface area contributed by atoms with Gasteiger partial charge in [-0.05, 0) is 29.3 Å². The number of rotatable bonds is 6. The quantitative estimate of drug-likeness (QED) is 0.463. The third kappa shape index (κ3) is 4.37. The first-order chi connectivity index (χ1) is 11.7. The van der Waals surface area contributed by atoms with E-state index in [1.54, 1.807) is 25.3 Å². The lowest BCUT2D eigenvalue weighted by Crippen LogP contribution is -2.02. The van der Waals surface area contributed by atoms with Crippen LogP contribution in [0, 0.1) is 11.3 Å². The summed E-state index contributed by atoms with van der Waals surface area (Å²) in [6.45, 7) is 0.381. The van der Waals surface area contributed by atoms with Crippen LogP contribution in [0.3, 0.4) is 0 Å². The van der Waals surface area contributed by atoms with Crippen LogP contribution in [0.5, 0.6) is 11.5 Å². The molecule has 0 bridgehead atoms. The highest BCUT2D eigenvalue weighted by atomic mass is 16.5. The lowest BCUT2D eigenvalue weighted by atomic mass is 10.1. The smallest absolute Gasteiger partial charge is 0.348 e. The third-order valence-electron chi connectivity index (χ3n) is 3.26. The molecule has 0 aliphatic carbocycles. The van der Waals surface area contributed by atoms with Gasteiger partial charge in [0.15, 0.2) is 11.5 Å². The Morgan fingerprint density at radius 2 is 1.88 bits per heavy atom. The summed E-state index contributed by atoms with van der Waals surface area (Å²) in [5.74, 6) is 0.414. The van der Waals surface area contributed by atoms with Crippen LogP contribution in [0.25, 0.3) is 6.08 Å². The molecule has 0 amide bonds. The van der Waals surface area contributed by atoms with Gasteiger partial charge in [0.25, 0.3) is 0 Å². The first-order valence-electron chi connectivity index (χ1n) is 7.22. The fraction of sp³-hybridized carbons (Fsp3) is 0.158. The zero-order valence-electron chi connectivity index (χ0n) is 13.5. The molecule has 0 heterocycles. The van der Waals surface area contributed by atoms with Gasteiger partial charge in [-0.15, -0.1) is 0 Å². The Balaban J connectivity index is 2.25. The highest BCUT2D eigenvalue weighted by molar-refractivity contribution is 5.97. The van der Waals surface area contributed by atoms with Gasteiger partial charge in [-0.1, -0.05) is 36.4 Å². The molecule has 0 unspecified atom stereocenters. The molecule has 5 heteroatoms. The Morgan fingerprint density at radius 3 is 2.50 bits per heavy atom. The van der Waals surface area contributed by atoms with E-state index in [0.717, 1.165) is 5.56 Å². The number of ether oxygens (including phenoxy) is 3.